The number of benzene rings is 1. The van der Waals surface area contributed by atoms with Gasteiger partial charge in [0, 0.05) is 41.3 Å². The number of carbonyl (C=O) groups excluding carboxylic acids is 1. The number of rotatable bonds is 2. The van der Waals surface area contributed by atoms with E-state index < -0.39 is 5.60 Å². The van der Waals surface area contributed by atoms with Crippen molar-refractivity contribution in [1.29, 1.82) is 0 Å². The number of piperidine rings is 1. The molecule has 1 aromatic rings. The summed E-state index contributed by atoms with van der Waals surface area (Å²) < 4.78 is 6.68. The van der Waals surface area contributed by atoms with E-state index in [4.69, 9.17) is 4.74 Å². The Hall–Kier alpha value is -1.23. The van der Waals surface area contributed by atoms with E-state index in [2.05, 4.69) is 52.9 Å². The van der Waals surface area contributed by atoms with Gasteiger partial charge in [0.05, 0.1) is 0 Å². The number of fused-ring (bicyclic) bond motifs is 1. The molecule has 0 bridgehead atoms. The predicted octanol–water partition coefficient (Wildman–Crippen LogP) is 5.34. The molecule has 5 heteroatoms. The van der Waals surface area contributed by atoms with Gasteiger partial charge in [-0.25, -0.2) is 4.79 Å². The summed E-state index contributed by atoms with van der Waals surface area (Å²) in [6.07, 6.45) is 2.94. The minimum absolute atomic E-state index is 0.180. The molecule has 0 aliphatic carbocycles. The van der Waals surface area contributed by atoms with Crippen molar-refractivity contribution >= 4 is 27.7 Å². The van der Waals surface area contributed by atoms with Crippen LogP contribution < -0.4 is 4.90 Å². The van der Waals surface area contributed by atoms with Crippen LogP contribution in [0.3, 0.4) is 0 Å². The zero-order valence-electron chi connectivity index (χ0n) is 16.6. The highest BCUT2D eigenvalue weighted by Gasteiger charge is 2.41. The lowest BCUT2D eigenvalue weighted by molar-refractivity contribution is 0.0204. The fourth-order valence-electron chi connectivity index (χ4n) is 4.10. The number of nitrogens with zero attached hydrogens (tertiary/aromatic N) is 2. The molecule has 2 aliphatic heterocycles. The summed E-state index contributed by atoms with van der Waals surface area (Å²) in [5, 5.41) is 0. The first-order chi connectivity index (χ1) is 12.1. The summed E-state index contributed by atoms with van der Waals surface area (Å²) in [5.41, 5.74) is 2.58. The zero-order valence-corrected chi connectivity index (χ0v) is 18.2. The van der Waals surface area contributed by atoms with Crippen LogP contribution in [0.5, 0.6) is 0 Å². The van der Waals surface area contributed by atoms with Gasteiger partial charge in [0.25, 0.3) is 0 Å². The van der Waals surface area contributed by atoms with Crippen LogP contribution in [0.2, 0.25) is 0 Å². The third kappa shape index (κ3) is 3.88. The third-order valence-corrected chi connectivity index (χ3v) is 6.27. The molecule has 4 nitrogen and oxygen atoms in total. The molecule has 3 rings (SSSR count). The predicted molar refractivity (Wildman–Crippen MR) is 110 cm³/mol. The van der Waals surface area contributed by atoms with Crippen LogP contribution in [-0.4, -0.2) is 42.3 Å². The summed E-state index contributed by atoms with van der Waals surface area (Å²) in [6.45, 7) is 13.0. The molecule has 0 radical (unpaired) electrons. The lowest BCUT2D eigenvalue weighted by Gasteiger charge is -2.39. The Bertz CT molecular complexity index is 677. The maximum Gasteiger partial charge on any atom is 0.410 e. The largest absolute Gasteiger partial charge is 0.444 e. The number of ether oxygens (including phenoxy) is 1. The average molecular weight is 423 g/mol. The maximum atomic E-state index is 12.3. The molecule has 0 aromatic heterocycles. The van der Waals surface area contributed by atoms with Crippen LogP contribution in [0, 0.1) is 0 Å². The summed E-state index contributed by atoms with van der Waals surface area (Å²) in [4.78, 5) is 16.8. The molecular formula is C21H31BrN2O2. The van der Waals surface area contributed by atoms with Crippen molar-refractivity contribution in [2.75, 3.05) is 24.5 Å². The highest BCUT2D eigenvalue weighted by Crippen LogP contribution is 2.45. The van der Waals surface area contributed by atoms with Gasteiger partial charge in [-0.1, -0.05) is 29.8 Å². The van der Waals surface area contributed by atoms with E-state index in [1.807, 2.05) is 25.7 Å². The quantitative estimate of drug-likeness (QED) is 0.644. The van der Waals surface area contributed by atoms with Gasteiger partial charge >= 0.3 is 6.09 Å². The third-order valence-electron chi connectivity index (χ3n) is 5.77. The monoisotopic (exact) mass is 422 g/mol. The van der Waals surface area contributed by atoms with E-state index in [9.17, 15) is 4.79 Å². The van der Waals surface area contributed by atoms with Crippen LogP contribution >= 0.6 is 15.9 Å². The van der Waals surface area contributed by atoms with Crippen LogP contribution in [0.4, 0.5) is 10.5 Å². The number of amides is 1. The SMILES string of the molecule is CCC1(C)CN(C2CCN(C(=O)OC(C)(C)C)CC2)c2ccc(Br)cc21. The lowest BCUT2D eigenvalue weighted by atomic mass is 9.82. The van der Waals surface area contributed by atoms with Crippen LogP contribution in [0.25, 0.3) is 0 Å². The fourth-order valence-corrected chi connectivity index (χ4v) is 4.46. The molecule has 0 saturated carbocycles. The minimum Gasteiger partial charge on any atom is -0.444 e. The van der Waals surface area contributed by atoms with Crippen molar-refractivity contribution in [3.63, 3.8) is 0 Å². The molecule has 0 N–H and O–H groups in total. The number of halogens is 1. The first-order valence-electron chi connectivity index (χ1n) is 9.67. The molecule has 1 fully saturated rings. The van der Waals surface area contributed by atoms with Crippen molar-refractivity contribution in [1.82, 2.24) is 4.90 Å². The second kappa shape index (κ2) is 7.06. The van der Waals surface area contributed by atoms with Crippen molar-refractivity contribution in [3.8, 4) is 0 Å². The number of carbonyl (C=O) groups is 1. The molecule has 144 valence electrons. The summed E-state index contributed by atoms with van der Waals surface area (Å²) in [7, 11) is 0. The second-order valence-electron chi connectivity index (χ2n) is 8.90. The van der Waals surface area contributed by atoms with Crippen LogP contribution in [-0.2, 0) is 10.2 Å². The Kier molecular flexibility index (Phi) is 5.31. The Labute approximate surface area is 166 Å². The van der Waals surface area contributed by atoms with Gasteiger partial charge in [-0.15, -0.1) is 0 Å². The van der Waals surface area contributed by atoms with Gasteiger partial charge < -0.3 is 14.5 Å². The van der Waals surface area contributed by atoms with E-state index in [1.54, 1.807) is 0 Å². The van der Waals surface area contributed by atoms with Crippen LogP contribution in [0.1, 0.15) is 59.4 Å². The van der Waals surface area contributed by atoms with Gasteiger partial charge in [0.15, 0.2) is 0 Å². The van der Waals surface area contributed by atoms with E-state index in [1.165, 1.54) is 11.3 Å². The van der Waals surface area contributed by atoms with Gasteiger partial charge in [0.1, 0.15) is 5.60 Å². The molecule has 1 atom stereocenters. The van der Waals surface area contributed by atoms with Crippen molar-refractivity contribution < 1.29 is 9.53 Å². The number of anilines is 1. The van der Waals surface area contributed by atoms with Crippen molar-refractivity contribution in [3.05, 3.63) is 28.2 Å². The second-order valence-corrected chi connectivity index (χ2v) is 9.82. The van der Waals surface area contributed by atoms with E-state index in [0.29, 0.717) is 6.04 Å². The van der Waals surface area contributed by atoms with Gasteiger partial charge in [0.2, 0.25) is 0 Å². The first kappa shape index (κ1) is 19.5. The minimum atomic E-state index is -0.432. The molecule has 1 saturated heterocycles. The molecule has 26 heavy (non-hydrogen) atoms. The number of hydrogen-bond acceptors (Lipinski definition) is 3. The Morgan fingerprint density at radius 3 is 2.54 bits per heavy atom. The molecule has 1 unspecified atom stereocenters. The fraction of sp³-hybridized carbons (Fsp3) is 0.667. The topological polar surface area (TPSA) is 32.8 Å². The average Bonchev–Trinajstić information content (AvgIpc) is 2.87. The Morgan fingerprint density at radius 2 is 1.96 bits per heavy atom. The summed E-state index contributed by atoms with van der Waals surface area (Å²) in [6, 6.07) is 7.17. The molecule has 2 heterocycles. The molecule has 1 aromatic carbocycles. The van der Waals surface area contributed by atoms with E-state index >= 15 is 0 Å². The summed E-state index contributed by atoms with van der Waals surface area (Å²) >= 11 is 3.63. The Balaban J connectivity index is 1.70. The van der Waals surface area contributed by atoms with E-state index in [-0.39, 0.29) is 11.5 Å². The van der Waals surface area contributed by atoms with Crippen molar-refractivity contribution in [2.24, 2.45) is 0 Å². The molecular weight excluding hydrogens is 392 g/mol. The summed E-state index contributed by atoms with van der Waals surface area (Å²) in [5.74, 6) is 0. The molecule has 0 spiro atoms. The van der Waals surface area contributed by atoms with Gasteiger partial charge in [-0.3, -0.25) is 0 Å². The smallest absolute Gasteiger partial charge is 0.410 e. The van der Waals surface area contributed by atoms with Crippen molar-refractivity contribution in [2.45, 2.75) is 70.9 Å². The first-order valence-corrected chi connectivity index (χ1v) is 10.5. The standard InChI is InChI=1S/C21H31BrN2O2/c1-6-21(5)14-24(18-8-7-15(22)13-17(18)21)16-9-11-23(12-10-16)19(25)26-20(2,3)4/h7-8,13,16H,6,9-12,14H2,1-5H3. The number of hydrogen-bond donors (Lipinski definition) is 0. The highest BCUT2D eigenvalue weighted by atomic mass is 79.9. The van der Waals surface area contributed by atoms with Crippen LogP contribution in [0.15, 0.2) is 22.7 Å². The molecule has 1 amide bonds. The van der Waals surface area contributed by atoms with E-state index in [0.717, 1.165) is 43.4 Å². The van der Waals surface area contributed by atoms with Gasteiger partial charge in [-0.2, -0.15) is 0 Å². The zero-order chi connectivity index (χ0) is 19.1. The highest BCUT2D eigenvalue weighted by molar-refractivity contribution is 9.10. The number of likely N-dealkylation sites (tertiary alicyclic amines) is 1. The Morgan fingerprint density at radius 1 is 1.31 bits per heavy atom. The maximum absolute atomic E-state index is 12.3. The lowest BCUT2D eigenvalue weighted by Crippen LogP contribution is -2.48. The molecule has 2 aliphatic rings. The van der Waals surface area contributed by atoms with Gasteiger partial charge in [-0.05, 0) is 63.8 Å². The normalized spacial score (nSPS) is 23.9.